The molecule has 0 aliphatic carbocycles. The van der Waals surface area contributed by atoms with Gasteiger partial charge < -0.3 is 5.32 Å². The van der Waals surface area contributed by atoms with Crippen LogP contribution in [0.15, 0.2) is 28.3 Å². The van der Waals surface area contributed by atoms with E-state index in [1.807, 2.05) is 22.3 Å². The minimum Gasteiger partial charge on any atom is -0.370 e. The zero-order valence-corrected chi connectivity index (χ0v) is 12.7. The number of nitrogens with zero attached hydrogens (tertiary/aromatic N) is 4. The molecule has 0 atom stereocenters. The summed E-state index contributed by atoms with van der Waals surface area (Å²) in [7, 11) is 0. The first-order chi connectivity index (χ1) is 9.26. The lowest BCUT2D eigenvalue weighted by molar-refractivity contribution is 0.658. The summed E-state index contributed by atoms with van der Waals surface area (Å²) >= 11 is 5.01. The second-order valence-corrected chi connectivity index (χ2v) is 5.82. The molecule has 0 saturated heterocycles. The van der Waals surface area contributed by atoms with Crippen LogP contribution in [0.5, 0.6) is 0 Å². The summed E-state index contributed by atoms with van der Waals surface area (Å²) in [4.78, 5) is 10.2. The van der Waals surface area contributed by atoms with Crippen LogP contribution in [-0.2, 0) is 6.54 Å². The van der Waals surface area contributed by atoms with Crippen LogP contribution in [0.3, 0.4) is 0 Å². The normalized spacial score (nSPS) is 11.1. The van der Waals surface area contributed by atoms with Crippen molar-refractivity contribution in [3.63, 3.8) is 0 Å². The first-order valence-corrected chi connectivity index (χ1v) is 7.59. The predicted octanol–water partition coefficient (Wildman–Crippen LogP) is 3.13. The Labute approximate surface area is 122 Å². The molecule has 7 heteroatoms. The molecule has 19 heavy (non-hydrogen) atoms. The molecule has 5 nitrogen and oxygen atoms in total. The van der Waals surface area contributed by atoms with Crippen LogP contribution in [0.25, 0.3) is 10.2 Å². The highest BCUT2D eigenvalue weighted by atomic mass is 79.9. The molecule has 1 N–H and O–H groups in total. The van der Waals surface area contributed by atoms with Gasteiger partial charge in [-0.2, -0.15) is 5.10 Å². The molecule has 0 bridgehead atoms. The summed E-state index contributed by atoms with van der Waals surface area (Å²) < 4.78 is 2.77. The van der Waals surface area contributed by atoms with Gasteiger partial charge in [-0.15, -0.1) is 11.3 Å². The first-order valence-electron chi connectivity index (χ1n) is 5.92. The van der Waals surface area contributed by atoms with Crippen molar-refractivity contribution in [1.82, 2.24) is 19.7 Å². The van der Waals surface area contributed by atoms with Crippen molar-refractivity contribution >= 4 is 43.3 Å². The van der Waals surface area contributed by atoms with Gasteiger partial charge in [0, 0.05) is 12.7 Å². The quantitative estimate of drug-likeness (QED) is 0.794. The Morgan fingerprint density at radius 2 is 2.32 bits per heavy atom. The lowest BCUT2D eigenvalue weighted by Gasteiger charge is -2.07. The van der Waals surface area contributed by atoms with Gasteiger partial charge in [-0.25, -0.2) is 9.97 Å². The van der Waals surface area contributed by atoms with Crippen molar-refractivity contribution < 1.29 is 0 Å². The van der Waals surface area contributed by atoms with E-state index in [-0.39, 0.29) is 0 Å². The van der Waals surface area contributed by atoms with Crippen LogP contribution in [0.4, 0.5) is 5.82 Å². The molecule has 98 valence electrons. The van der Waals surface area contributed by atoms with E-state index in [0.29, 0.717) is 6.54 Å². The van der Waals surface area contributed by atoms with E-state index in [1.54, 1.807) is 17.5 Å². The van der Waals surface area contributed by atoms with Crippen molar-refractivity contribution in [1.29, 1.82) is 0 Å². The van der Waals surface area contributed by atoms with E-state index in [1.165, 1.54) is 0 Å². The predicted molar refractivity (Wildman–Crippen MR) is 80.6 cm³/mol. The summed E-state index contributed by atoms with van der Waals surface area (Å²) in [6.07, 6.45) is 3.67. The zero-order chi connectivity index (χ0) is 13.2. The molecule has 0 fully saturated rings. The van der Waals surface area contributed by atoms with Crippen molar-refractivity contribution in [3.8, 4) is 0 Å². The van der Waals surface area contributed by atoms with E-state index < -0.39 is 0 Å². The van der Waals surface area contributed by atoms with E-state index in [0.717, 1.165) is 32.9 Å². The number of hydrogen-bond donors (Lipinski definition) is 1. The minimum atomic E-state index is 0.567. The van der Waals surface area contributed by atoms with Crippen molar-refractivity contribution in [3.05, 3.63) is 34.1 Å². The number of rotatable bonds is 4. The second-order valence-electron chi connectivity index (χ2n) is 4.01. The second kappa shape index (κ2) is 5.26. The molecule has 3 aromatic rings. The van der Waals surface area contributed by atoms with Gasteiger partial charge in [0.15, 0.2) is 5.82 Å². The molecular weight excluding hydrogens is 326 g/mol. The standard InChI is InChI=1S/C12H12BrN5S/c1-2-14-11-9-3-4-19-12(9)17-10(16-11)7-18-6-8(13)5-15-18/h3-6H,2,7H2,1H3,(H,14,16,17). The fourth-order valence-electron chi connectivity index (χ4n) is 1.84. The molecule has 0 aliphatic rings. The molecule has 0 aromatic carbocycles. The van der Waals surface area contributed by atoms with E-state index in [9.17, 15) is 0 Å². The van der Waals surface area contributed by atoms with Gasteiger partial charge in [0.1, 0.15) is 17.2 Å². The average molecular weight is 338 g/mol. The fourth-order valence-corrected chi connectivity index (χ4v) is 2.95. The van der Waals surface area contributed by atoms with E-state index in [2.05, 4.69) is 43.2 Å². The number of halogens is 1. The van der Waals surface area contributed by atoms with Gasteiger partial charge in [-0.1, -0.05) is 0 Å². The van der Waals surface area contributed by atoms with Crippen LogP contribution in [0.1, 0.15) is 12.7 Å². The molecule has 3 aromatic heterocycles. The van der Waals surface area contributed by atoms with Crippen LogP contribution < -0.4 is 5.32 Å². The Morgan fingerprint density at radius 3 is 3.05 bits per heavy atom. The van der Waals surface area contributed by atoms with Crippen LogP contribution in [0.2, 0.25) is 0 Å². The molecule has 0 radical (unpaired) electrons. The summed E-state index contributed by atoms with van der Waals surface area (Å²) in [6.45, 7) is 3.47. The number of thiophene rings is 1. The Morgan fingerprint density at radius 1 is 1.42 bits per heavy atom. The van der Waals surface area contributed by atoms with Crippen LogP contribution in [0, 0.1) is 0 Å². The van der Waals surface area contributed by atoms with E-state index >= 15 is 0 Å². The van der Waals surface area contributed by atoms with Gasteiger partial charge in [-0.3, -0.25) is 4.68 Å². The van der Waals surface area contributed by atoms with Crippen LogP contribution >= 0.6 is 27.3 Å². The monoisotopic (exact) mass is 337 g/mol. The average Bonchev–Trinajstić information content (AvgIpc) is 2.99. The Bertz CT molecular complexity index is 705. The van der Waals surface area contributed by atoms with Crippen molar-refractivity contribution in [2.45, 2.75) is 13.5 Å². The third-order valence-electron chi connectivity index (χ3n) is 2.62. The summed E-state index contributed by atoms with van der Waals surface area (Å²) in [6, 6.07) is 2.05. The smallest absolute Gasteiger partial charge is 0.153 e. The number of nitrogens with one attached hydrogen (secondary N) is 1. The molecule has 0 aliphatic heterocycles. The van der Waals surface area contributed by atoms with Gasteiger partial charge >= 0.3 is 0 Å². The Kier molecular flexibility index (Phi) is 3.48. The van der Waals surface area contributed by atoms with Gasteiger partial charge in [0.25, 0.3) is 0 Å². The highest BCUT2D eigenvalue weighted by molar-refractivity contribution is 9.10. The summed E-state index contributed by atoms with van der Waals surface area (Å²) in [5.74, 6) is 1.66. The molecule has 3 rings (SSSR count). The Hall–Kier alpha value is -1.47. The lowest BCUT2D eigenvalue weighted by Crippen LogP contribution is -2.08. The van der Waals surface area contributed by atoms with Crippen LogP contribution in [-0.4, -0.2) is 26.3 Å². The Balaban J connectivity index is 1.98. The summed E-state index contributed by atoms with van der Waals surface area (Å²) in [5.41, 5.74) is 0. The highest BCUT2D eigenvalue weighted by Gasteiger charge is 2.09. The first kappa shape index (κ1) is 12.6. The number of hydrogen-bond acceptors (Lipinski definition) is 5. The van der Waals surface area contributed by atoms with Gasteiger partial charge in [0.2, 0.25) is 0 Å². The zero-order valence-electron chi connectivity index (χ0n) is 10.3. The molecule has 0 saturated carbocycles. The lowest BCUT2D eigenvalue weighted by atomic mass is 10.3. The van der Waals surface area contributed by atoms with E-state index in [4.69, 9.17) is 0 Å². The molecule has 0 unspecified atom stereocenters. The van der Waals surface area contributed by atoms with Gasteiger partial charge in [-0.05, 0) is 34.3 Å². The fraction of sp³-hybridized carbons (Fsp3) is 0.250. The maximum Gasteiger partial charge on any atom is 0.153 e. The largest absolute Gasteiger partial charge is 0.370 e. The minimum absolute atomic E-state index is 0.567. The maximum absolute atomic E-state index is 4.58. The number of anilines is 1. The van der Waals surface area contributed by atoms with Crippen molar-refractivity contribution in [2.75, 3.05) is 11.9 Å². The third-order valence-corrected chi connectivity index (χ3v) is 3.84. The molecule has 3 heterocycles. The maximum atomic E-state index is 4.58. The molecular formula is C12H12BrN5S. The van der Waals surface area contributed by atoms with Crippen molar-refractivity contribution in [2.24, 2.45) is 0 Å². The highest BCUT2D eigenvalue weighted by Crippen LogP contribution is 2.25. The number of fused-ring (bicyclic) bond motifs is 1. The summed E-state index contributed by atoms with van der Waals surface area (Å²) in [5, 5.41) is 10.6. The topological polar surface area (TPSA) is 55.6 Å². The molecule has 0 amide bonds. The number of aromatic nitrogens is 4. The third kappa shape index (κ3) is 2.62. The van der Waals surface area contributed by atoms with Gasteiger partial charge in [0.05, 0.1) is 16.1 Å². The molecule has 0 spiro atoms. The SMILES string of the molecule is CCNc1nc(Cn2cc(Br)cn2)nc2sccc12.